The molecule has 0 spiro atoms. The van der Waals surface area contributed by atoms with Gasteiger partial charge in [-0.2, -0.15) is 0 Å². The standard InChI is InChI=1S/C13H15FO4/c1-18-11-8(4-5-9(14)10(11)15)13(12(16)17)6-2-3-7-13/h4-5,15H,2-3,6-7H2,1H3,(H,16,17). The summed E-state index contributed by atoms with van der Waals surface area (Å²) in [6.07, 6.45) is 2.55. The molecule has 0 atom stereocenters. The Kier molecular flexibility index (Phi) is 3.15. The number of benzene rings is 1. The molecule has 4 nitrogen and oxygen atoms in total. The monoisotopic (exact) mass is 254 g/mol. The van der Waals surface area contributed by atoms with Gasteiger partial charge in [-0.05, 0) is 18.9 Å². The van der Waals surface area contributed by atoms with Crippen molar-refractivity contribution in [3.05, 3.63) is 23.5 Å². The predicted molar refractivity (Wildman–Crippen MR) is 62.4 cm³/mol. The summed E-state index contributed by atoms with van der Waals surface area (Å²) in [4.78, 5) is 11.6. The molecular formula is C13H15FO4. The fourth-order valence-corrected chi connectivity index (χ4v) is 2.71. The van der Waals surface area contributed by atoms with Crippen molar-refractivity contribution in [1.29, 1.82) is 0 Å². The lowest BCUT2D eigenvalue weighted by Crippen LogP contribution is -2.33. The molecule has 1 aliphatic rings. The van der Waals surface area contributed by atoms with Crippen LogP contribution in [0.3, 0.4) is 0 Å². The third-order valence-corrected chi connectivity index (χ3v) is 3.67. The largest absolute Gasteiger partial charge is 0.502 e. The molecule has 0 aliphatic heterocycles. The van der Waals surface area contributed by atoms with Crippen LogP contribution >= 0.6 is 0 Å². The van der Waals surface area contributed by atoms with E-state index >= 15 is 0 Å². The van der Waals surface area contributed by atoms with E-state index in [1.165, 1.54) is 13.2 Å². The van der Waals surface area contributed by atoms with Gasteiger partial charge in [0.15, 0.2) is 17.3 Å². The van der Waals surface area contributed by atoms with Gasteiger partial charge in [0.2, 0.25) is 0 Å². The molecule has 1 aliphatic carbocycles. The highest BCUT2D eigenvalue weighted by Gasteiger charge is 2.45. The lowest BCUT2D eigenvalue weighted by molar-refractivity contribution is -0.143. The van der Waals surface area contributed by atoms with E-state index in [9.17, 15) is 19.4 Å². The van der Waals surface area contributed by atoms with Crippen LogP contribution in [0.25, 0.3) is 0 Å². The number of carboxylic acids is 1. The van der Waals surface area contributed by atoms with Crippen LogP contribution in [0.2, 0.25) is 0 Å². The van der Waals surface area contributed by atoms with E-state index in [1.54, 1.807) is 0 Å². The van der Waals surface area contributed by atoms with E-state index in [4.69, 9.17) is 4.74 Å². The number of carboxylic acid groups (broad SMARTS) is 1. The molecule has 1 fully saturated rings. The zero-order valence-electron chi connectivity index (χ0n) is 10.1. The molecule has 18 heavy (non-hydrogen) atoms. The molecule has 0 bridgehead atoms. The van der Waals surface area contributed by atoms with E-state index in [0.29, 0.717) is 18.4 Å². The van der Waals surface area contributed by atoms with Crippen molar-refractivity contribution in [3.63, 3.8) is 0 Å². The molecule has 0 unspecified atom stereocenters. The SMILES string of the molecule is COc1c(C2(C(=O)O)CCCC2)ccc(F)c1O. The predicted octanol–water partition coefficient (Wildman–Crippen LogP) is 2.44. The Bertz CT molecular complexity index is 478. The molecule has 0 radical (unpaired) electrons. The quantitative estimate of drug-likeness (QED) is 0.869. The number of halogens is 1. The summed E-state index contributed by atoms with van der Waals surface area (Å²) >= 11 is 0. The second-order valence-electron chi connectivity index (χ2n) is 4.57. The van der Waals surface area contributed by atoms with Gasteiger partial charge in [-0.3, -0.25) is 4.79 Å². The number of hydrogen-bond acceptors (Lipinski definition) is 3. The fourth-order valence-electron chi connectivity index (χ4n) is 2.71. The van der Waals surface area contributed by atoms with Crippen molar-refractivity contribution < 1.29 is 24.1 Å². The Morgan fingerprint density at radius 3 is 2.50 bits per heavy atom. The second-order valence-corrected chi connectivity index (χ2v) is 4.57. The number of rotatable bonds is 3. The summed E-state index contributed by atoms with van der Waals surface area (Å²) in [5.74, 6) is -2.46. The number of aliphatic carboxylic acids is 1. The van der Waals surface area contributed by atoms with Crippen LogP contribution in [0.4, 0.5) is 4.39 Å². The van der Waals surface area contributed by atoms with E-state index in [2.05, 4.69) is 0 Å². The molecule has 0 amide bonds. The Morgan fingerprint density at radius 2 is 2.00 bits per heavy atom. The first-order valence-corrected chi connectivity index (χ1v) is 5.82. The maximum Gasteiger partial charge on any atom is 0.314 e. The number of phenolic OH excluding ortho intramolecular Hbond substituents is 1. The zero-order valence-corrected chi connectivity index (χ0v) is 10.1. The first-order valence-electron chi connectivity index (χ1n) is 5.82. The number of hydrogen-bond donors (Lipinski definition) is 2. The summed E-state index contributed by atoms with van der Waals surface area (Å²) in [5, 5.41) is 19.1. The average molecular weight is 254 g/mol. The lowest BCUT2D eigenvalue weighted by Gasteiger charge is -2.26. The van der Waals surface area contributed by atoms with Crippen molar-refractivity contribution in [2.75, 3.05) is 7.11 Å². The van der Waals surface area contributed by atoms with Crippen LogP contribution in [-0.4, -0.2) is 23.3 Å². The van der Waals surface area contributed by atoms with Gasteiger partial charge in [-0.1, -0.05) is 18.9 Å². The van der Waals surface area contributed by atoms with E-state index in [-0.39, 0.29) is 5.75 Å². The average Bonchev–Trinajstić information content (AvgIpc) is 2.82. The zero-order chi connectivity index (χ0) is 13.3. The third-order valence-electron chi connectivity index (χ3n) is 3.67. The smallest absolute Gasteiger partial charge is 0.314 e. The van der Waals surface area contributed by atoms with Gasteiger partial charge >= 0.3 is 5.97 Å². The molecule has 1 aromatic carbocycles. The highest BCUT2D eigenvalue weighted by Crippen LogP contribution is 2.48. The van der Waals surface area contributed by atoms with Gasteiger partial charge in [0.25, 0.3) is 0 Å². The molecular weight excluding hydrogens is 239 g/mol. The number of phenols is 1. The summed E-state index contributed by atoms with van der Waals surface area (Å²) in [6, 6.07) is 2.48. The van der Waals surface area contributed by atoms with Crippen LogP contribution < -0.4 is 4.74 Å². The minimum Gasteiger partial charge on any atom is -0.502 e. The van der Waals surface area contributed by atoms with Crippen LogP contribution in [0, 0.1) is 5.82 Å². The molecule has 0 aromatic heterocycles. The van der Waals surface area contributed by atoms with Crippen molar-refractivity contribution in [1.82, 2.24) is 0 Å². The molecule has 0 heterocycles. The minimum absolute atomic E-state index is 0.0701. The van der Waals surface area contributed by atoms with Crippen molar-refractivity contribution >= 4 is 5.97 Å². The minimum atomic E-state index is -1.07. The van der Waals surface area contributed by atoms with Gasteiger partial charge in [0, 0.05) is 5.56 Å². The number of ether oxygens (including phenoxy) is 1. The number of aromatic hydroxyl groups is 1. The molecule has 2 rings (SSSR count). The van der Waals surface area contributed by atoms with Gasteiger partial charge in [-0.25, -0.2) is 4.39 Å². The molecule has 2 N–H and O–H groups in total. The topological polar surface area (TPSA) is 66.8 Å². The first-order chi connectivity index (χ1) is 8.53. The lowest BCUT2D eigenvalue weighted by atomic mass is 9.78. The third kappa shape index (κ3) is 1.70. The van der Waals surface area contributed by atoms with E-state index in [1.807, 2.05) is 0 Å². The fraction of sp³-hybridized carbons (Fsp3) is 0.462. The van der Waals surface area contributed by atoms with E-state index < -0.39 is 23.0 Å². The normalized spacial score (nSPS) is 17.7. The maximum absolute atomic E-state index is 13.3. The molecule has 5 heteroatoms. The number of carbonyl (C=O) groups is 1. The Hall–Kier alpha value is -1.78. The van der Waals surface area contributed by atoms with Crippen molar-refractivity contribution in [3.8, 4) is 11.5 Å². The van der Waals surface area contributed by atoms with Gasteiger partial charge < -0.3 is 14.9 Å². The molecule has 0 saturated heterocycles. The highest BCUT2D eigenvalue weighted by atomic mass is 19.1. The van der Waals surface area contributed by atoms with Crippen molar-refractivity contribution in [2.45, 2.75) is 31.1 Å². The van der Waals surface area contributed by atoms with Gasteiger partial charge in [-0.15, -0.1) is 0 Å². The number of methoxy groups -OCH3 is 1. The van der Waals surface area contributed by atoms with Gasteiger partial charge in [0.1, 0.15) is 0 Å². The Balaban J connectivity index is 2.62. The summed E-state index contributed by atoms with van der Waals surface area (Å²) in [5.41, 5.74) is -0.717. The Labute approximate surface area is 104 Å². The van der Waals surface area contributed by atoms with Crippen LogP contribution in [0.1, 0.15) is 31.2 Å². The van der Waals surface area contributed by atoms with Gasteiger partial charge in [0.05, 0.1) is 12.5 Å². The highest BCUT2D eigenvalue weighted by molar-refractivity contribution is 5.83. The van der Waals surface area contributed by atoms with Crippen LogP contribution in [0.15, 0.2) is 12.1 Å². The van der Waals surface area contributed by atoms with E-state index in [0.717, 1.165) is 18.9 Å². The second kappa shape index (κ2) is 4.48. The summed E-state index contributed by atoms with van der Waals surface area (Å²) in [7, 11) is 1.29. The van der Waals surface area contributed by atoms with Crippen LogP contribution in [0.5, 0.6) is 11.5 Å². The summed E-state index contributed by atoms with van der Waals surface area (Å²) < 4.78 is 18.3. The molecule has 1 aromatic rings. The molecule has 1 saturated carbocycles. The molecule has 98 valence electrons. The first kappa shape index (κ1) is 12.7. The maximum atomic E-state index is 13.3. The van der Waals surface area contributed by atoms with Crippen LogP contribution in [-0.2, 0) is 10.2 Å². The summed E-state index contributed by atoms with van der Waals surface area (Å²) in [6.45, 7) is 0. The van der Waals surface area contributed by atoms with Crippen molar-refractivity contribution in [2.24, 2.45) is 0 Å². The Morgan fingerprint density at radius 1 is 1.39 bits per heavy atom.